The topological polar surface area (TPSA) is 105 Å². The van der Waals surface area contributed by atoms with Gasteiger partial charge in [0.15, 0.2) is 5.65 Å². The van der Waals surface area contributed by atoms with Crippen LogP contribution < -0.4 is 16.2 Å². The zero-order valence-corrected chi connectivity index (χ0v) is 16.2. The number of carbonyl (C=O) groups excluding carboxylic acids is 1. The monoisotopic (exact) mass is 430 g/mol. The van der Waals surface area contributed by atoms with Crippen LogP contribution >= 0.6 is 0 Å². The van der Waals surface area contributed by atoms with Gasteiger partial charge in [-0.05, 0) is 30.5 Å². The van der Waals surface area contributed by atoms with E-state index in [0.717, 1.165) is 16.9 Å². The third-order valence-corrected chi connectivity index (χ3v) is 4.76. The minimum atomic E-state index is -4.56. The highest BCUT2D eigenvalue weighted by molar-refractivity contribution is 5.95. The van der Waals surface area contributed by atoms with E-state index in [2.05, 4.69) is 20.5 Å². The smallest absolute Gasteiger partial charge is 0.354 e. The number of nitrogens with one attached hydrogen (secondary N) is 3. The molecule has 3 N–H and O–H groups in total. The second-order valence-electron chi connectivity index (χ2n) is 7.01. The number of rotatable bonds is 5. The highest BCUT2D eigenvalue weighted by Gasteiger charge is 2.36. The molecule has 1 atom stereocenters. The van der Waals surface area contributed by atoms with E-state index < -0.39 is 30.2 Å². The lowest BCUT2D eigenvalue weighted by molar-refractivity contribution is -0.158. The average molecular weight is 430 g/mol. The number of anilines is 2. The van der Waals surface area contributed by atoms with Crippen LogP contribution in [-0.2, 0) is 11.3 Å². The molecule has 0 unspecified atom stereocenters. The summed E-state index contributed by atoms with van der Waals surface area (Å²) in [6.07, 6.45) is 0.00747. The van der Waals surface area contributed by atoms with Crippen molar-refractivity contribution in [3.8, 4) is 0 Å². The Bertz CT molecular complexity index is 1330. The Morgan fingerprint density at radius 1 is 1.23 bits per heavy atom. The summed E-state index contributed by atoms with van der Waals surface area (Å²) in [7, 11) is 0. The Labute approximate surface area is 173 Å². The van der Waals surface area contributed by atoms with Crippen molar-refractivity contribution >= 4 is 39.1 Å². The molecule has 1 amide bonds. The number of H-pyrrole nitrogens is 1. The molecule has 3 aromatic heterocycles. The molecule has 31 heavy (non-hydrogen) atoms. The van der Waals surface area contributed by atoms with Gasteiger partial charge in [-0.3, -0.25) is 14.7 Å². The number of pyridine rings is 2. The molecule has 1 aromatic carbocycles. The third kappa shape index (κ3) is 4.20. The molecule has 0 saturated heterocycles. The number of benzene rings is 1. The molecule has 11 heteroatoms. The van der Waals surface area contributed by atoms with Gasteiger partial charge >= 0.3 is 6.18 Å². The standard InChI is InChI=1S/C20H17F3N6O2/c1-11(20(21,22)23)26-16(30)10-29-6-5-12-3-2-4-15(17(12)19(29)31)27-14-7-13-8-25-28-18(13)24-9-14/h2-9,11,27H,10H2,1H3,(H,26,30)(H,24,25,28)/t11-/m0/s1. The first-order valence-corrected chi connectivity index (χ1v) is 9.27. The van der Waals surface area contributed by atoms with Crippen LogP contribution in [-0.4, -0.2) is 37.9 Å². The Morgan fingerprint density at radius 3 is 2.81 bits per heavy atom. The lowest BCUT2D eigenvalue weighted by atomic mass is 10.1. The van der Waals surface area contributed by atoms with Crippen molar-refractivity contribution in [1.29, 1.82) is 0 Å². The SMILES string of the molecule is C[C@H](NC(=O)Cn1ccc2cccc(Nc3cnc4[nH]ncc4c3)c2c1=O)C(F)(F)F. The van der Waals surface area contributed by atoms with E-state index in [0.29, 0.717) is 27.8 Å². The molecule has 4 aromatic rings. The number of hydrogen-bond acceptors (Lipinski definition) is 5. The summed E-state index contributed by atoms with van der Waals surface area (Å²) < 4.78 is 39.1. The lowest BCUT2D eigenvalue weighted by Gasteiger charge is -2.17. The first-order valence-electron chi connectivity index (χ1n) is 9.27. The van der Waals surface area contributed by atoms with Gasteiger partial charge in [-0.25, -0.2) is 4.98 Å². The third-order valence-electron chi connectivity index (χ3n) is 4.76. The number of aromatic amines is 1. The predicted octanol–water partition coefficient (Wildman–Crippen LogP) is 3.08. The zero-order valence-electron chi connectivity index (χ0n) is 16.2. The minimum Gasteiger partial charge on any atom is -0.354 e. The number of hydrogen-bond donors (Lipinski definition) is 3. The molecule has 160 valence electrons. The van der Waals surface area contributed by atoms with Gasteiger partial charge in [0.2, 0.25) is 5.91 Å². The predicted molar refractivity (Wildman–Crippen MR) is 109 cm³/mol. The molecule has 0 aliphatic heterocycles. The largest absolute Gasteiger partial charge is 0.408 e. The van der Waals surface area contributed by atoms with Crippen LogP contribution in [0.4, 0.5) is 24.5 Å². The fraction of sp³-hybridized carbons (Fsp3) is 0.200. The fourth-order valence-electron chi connectivity index (χ4n) is 3.14. The lowest BCUT2D eigenvalue weighted by Crippen LogP contribution is -2.45. The van der Waals surface area contributed by atoms with Gasteiger partial charge in [0, 0.05) is 11.6 Å². The van der Waals surface area contributed by atoms with E-state index in [-0.39, 0.29) is 0 Å². The molecule has 4 rings (SSSR count). The molecule has 0 aliphatic rings. The number of fused-ring (bicyclic) bond motifs is 2. The van der Waals surface area contributed by atoms with E-state index in [9.17, 15) is 22.8 Å². The van der Waals surface area contributed by atoms with Crippen molar-refractivity contribution in [2.45, 2.75) is 25.7 Å². The molecule has 0 spiro atoms. The molecule has 0 aliphatic carbocycles. The Hall–Kier alpha value is -3.89. The molecule has 0 saturated carbocycles. The van der Waals surface area contributed by atoms with Crippen molar-refractivity contribution in [3.05, 3.63) is 59.3 Å². The fourth-order valence-corrected chi connectivity index (χ4v) is 3.14. The number of alkyl halides is 3. The quantitative estimate of drug-likeness (QED) is 0.451. The van der Waals surface area contributed by atoms with Crippen LogP contribution in [0.5, 0.6) is 0 Å². The zero-order chi connectivity index (χ0) is 22.2. The second-order valence-corrected chi connectivity index (χ2v) is 7.01. The molecular weight excluding hydrogens is 413 g/mol. The van der Waals surface area contributed by atoms with Crippen molar-refractivity contribution in [2.75, 3.05) is 5.32 Å². The van der Waals surface area contributed by atoms with Crippen molar-refractivity contribution in [3.63, 3.8) is 0 Å². The van der Waals surface area contributed by atoms with Gasteiger partial charge < -0.3 is 15.2 Å². The maximum atomic E-state index is 13.0. The van der Waals surface area contributed by atoms with Crippen LogP contribution in [0, 0.1) is 0 Å². The van der Waals surface area contributed by atoms with E-state index in [4.69, 9.17) is 0 Å². The number of halogens is 3. The van der Waals surface area contributed by atoms with E-state index >= 15 is 0 Å². The van der Waals surface area contributed by atoms with Crippen LogP contribution in [0.15, 0.2) is 53.7 Å². The summed E-state index contributed by atoms with van der Waals surface area (Å²) >= 11 is 0. The van der Waals surface area contributed by atoms with Crippen molar-refractivity contribution < 1.29 is 18.0 Å². The summed E-state index contributed by atoms with van der Waals surface area (Å²) in [4.78, 5) is 29.3. The van der Waals surface area contributed by atoms with Gasteiger partial charge in [0.25, 0.3) is 5.56 Å². The highest BCUT2D eigenvalue weighted by atomic mass is 19.4. The summed E-state index contributed by atoms with van der Waals surface area (Å²) in [6, 6.07) is 6.60. The van der Waals surface area contributed by atoms with Crippen LogP contribution in [0.1, 0.15) is 6.92 Å². The normalized spacial score (nSPS) is 12.8. The number of nitrogens with zero attached hydrogens (tertiary/aromatic N) is 3. The van der Waals surface area contributed by atoms with E-state index in [1.165, 1.54) is 6.20 Å². The van der Waals surface area contributed by atoms with E-state index in [1.54, 1.807) is 42.7 Å². The molecule has 3 heterocycles. The molecule has 0 radical (unpaired) electrons. The first kappa shape index (κ1) is 20.4. The Morgan fingerprint density at radius 2 is 2.03 bits per heavy atom. The van der Waals surface area contributed by atoms with Crippen molar-refractivity contribution in [1.82, 2.24) is 25.1 Å². The Kier molecular flexibility index (Phi) is 5.09. The van der Waals surface area contributed by atoms with Gasteiger partial charge in [0.05, 0.1) is 29.2 Å². The van der Waals surface area contributed by atoms with Gasteiger partial charge in [0.1, 0.15) is 12.6 Å². The number of amides is 1. The summed E-state index contributed by atoms with van der Waals surface area (Å²) in [6.45, 7) is 0.306. The molecular formula is C20H17F3N6O2. The van der Waals surface area contributed by atoms with Gasteiger partial charge in [-0.2, -0.15) is 18.3 Å². The van der Waals surface area contributed by atoms with E-state index in [1.807, 2.05) is 5.32 Å². The van der Waals surface area contributed by atoms with Crippen LogP contribution in [0.3, 0.4) is 0 Å². The summed E-state index contributed by atoms with van der Waals surface area (Å²) in [5.41, 5.74) is 1.20. The summed E-state index contributed by atoms with van der Waals surface area (Å²) in [5, 5.41) is 13.3. The molecule has 8 nitrogen and oxygen atoms in total. The first-order chi connectivity index (χ1) is 14.7. The molecule has 0 bridgehead atoms. The van der Waals surface area contributed by atoms with Crippen LogP contribution in [0.25, 0.3) is 21.8 Å². The van der Waals surface area contributed by atoms with Crippen LogP contribution in [0.2, 0.25) is 0 Å². The number of aromatic nitrogens is 4. The molecule has 0 fully saturated rings. The number of carbonyl (C=O) groups is 1. The maximum absolute atomic E-state index is 13.0. The minimum absolute atomic E-state index is 0.300. The van der Waals surface area contributed by atoms with Gasteiger partial charge in [-0.1, -0.05) is 12.1 Å². The maximum Gasteiger partial charge on any atom is 0.408 e. The van der Waals surface area contributed by atoms with Gasteiger partial charge in [-0.15, -0.1) is 0 Å². The second kappa shape index (κ2) is 7.74. The Balaban J connectivity index is 1.65. The van der Waals surface area contributed by atoms with Crippen molar-refractivity contribution in [2.24, 2.45) is 0 Å². The average Bonchev–Trinajstić information content (AvgIpc) is 3.17. The highest BCUT2D eigenvalue weighted by Crippen LogP contribution is 2.25. The summed E-state index contributed by atoms with van der Waals surface area (Å²) in [5.74, 6) is -0.911.